The molecule has 112 valence electrons. The Morgan fingerprint density at radius 3 is 2.64 bits per heavy atom. The molecular formula is C18H16O4. The van der Waals surface area contributed by atoms with Crippen LogP contribution in [0.25, 0.3) is 0 Å². The molecule has 0 radical (unpaired) electrons. The Labute approximate surface area is 128 Å². The second kappa shape index (κ2) is 4.40. The van der Waals surface area contributed by atoms with Crippen molar-refractivity contribution in [3.05, 3.63) is 52.6 Å². The molecule has 0 fully saturated rings. The zero-order valence-electron chi connectivity index (χ0n) is 12.5. The van der Waals surface area contributed by atoms with Crippen LogP contribution in [0.2, 0.25) is 0 Å². The standard InChI is InChI=1S/C18H16O4/c1-21-12-5-3-4-11-14(12)17(20)15-13(16(11)19)10-6-8-18(15,22-2)9-7-10/h3-6,8,10H,7,9H2,1-2H3/t10-,18-/m1/s1. The van der Waals surface area contributed by atoms with Crippen molar-refractivity contribution in [2.45, 2.75) is 18.4 Å². The number of Topliss-reactive ketones (excluding diaryl/α,β-unsaturated/α-hetero) is 2. The highest BCUT2D eigenvalue weighted by molar-refractivity contribution is 6.29. The largest absolute Gasteiger partial charge is 0.496 e. The third-order valence-corrected chi connectivity index (χ3v) is 5.04. The van der Waals surface area contributed by atoms with Gasteiger partial charge in [-0.15, -0.1) is 0 Å². The molecule has 4 aliphatic rings. The molecule has 22 heavy (non-hydrogen) atoms. The smallest absolute Gasteiger partial charge is 0.197 e. The Balaban J connectivity index is 2.01. The fraction of sp³-hybridized carbons (Fsp3) is 0.333. The number of hydrogen-bond acceptors (Lipinski definition) is 4. The molecule has 0 aliphatic heterocycles. The maximum Gasteiger partial charge on any atom is 0.197 e. The van der Waals surface area contributed by atoms with E-state index in [2.05, 4.69) is 0 Å². The number of carbonyl (C=O) groups is 2. The first-order valence-electron chi connectivity index (χ1n) is 7.38. The second-order valence-corrected chi connectivity index (χ2v) is 5.93. The van der Waals surface area contributed by atoms with Crippen molar-refractivity contribution in [2.24, 2.45) is 5.92 Å². The molecule has 0 saturated carbocycles. The lowest BCUT2D eigenvalue weighted by Crippen LogP contribution is -2.47. The van der Waals surface area contributed by atoms with Crippen LogP contribution in [0, 0.1) is 5.92 Å². The van der Waals surface area contributed by atoms with Gasteiger partial charge >= 0.3 is 0 Å². The molecular weight excluding hydrogens is 280 g/mol. The summed E-state index contributed by atoms with van der Waals surface area (Å²) in [6.45, 7) is 0. The van der Waals surface area contributed by atoms with E-state index in [1.807, 2.05) is 12.2 Å². The zero-order valence-corrected chi connectivity index (χ0v) is 12.5. The van der Waals surface area contributed by atoms with Gasteiger partial charge in [-0.3, -0.25) is 9.59 Å². The van der Waals surface area contributed by atoms with Crippen LogP contribution in [0.1, 0.15) is 33.6 Å². The predicted molar refractivity (Wildman–Crippen MR) is 80.3 cm³/mol. The van der Waals surface area contributed by atoms with Crippen molar-refractivity contribution in [1.82, 2.24) is 0 Å². The lowest BCUT2D eigenvalue weighted by molar-refractivity contribution is 0.0342. The summed E-state index contributed by atoms with van der Waals surface area (Å²) in [6, 6.07) is 5.16. The minimum absolute atomic E-state index is 0.0165. The number of ketones is 2. The molecule has 5 rings (SSSR count). The van der Waals surface area contributed by atoms with Crippen molar-refractivity contribution in [3.8, 4) is 5.75 Å². The number of ether oxygens (including phenoxy) is 2. The van der Waals surface area contributed by atoms with E-state index in [9.17, 15) is 9.59 Å². The Morgan fingerprint density at radius 1 is 1.18 bits per heavy atom. The molecule has 1 aromatic carbocycles. The monoisotopic (exact) mass is 296 g/mol. The fourth-order valence-corrected chi connectivity index (χ4v) is 3.95. The molecule has 0 N–H and O–H groups in total. The molecule has 1 aromatic rings. The minimum atomic E-state index is -0.768. The van der Waals surface area contributed by atoms with E-state index < -0.39 is 5.60 Å². The second-order valence-electron chi connectivity index (χ2n) is 5.93. The summed E-state index contributed by atoms with van der Waals surface area (Å²) in [4.78, 5) is 26.1. The van der Waals surface area contributed by atoms with E-state index in [0.29, 0.717) is 28.0 Å². The van der Waals surface area contributed by atoms with Crippen molar-refractivity contribution in [2.75, 3.05) is 14.2 Å². The summed E-state index contributed by atoms with van der Waals surface area (Å²) in [5, 5.41) is 0. The Morgan fingerprint density at radius 2 is 2.00 bits per heavy atom. The quantitative estimate of drug-likeness (QED) is 0.787. The molecule has 0 aromatic heterocycles. The lowest BCUT2D eigenvalue weighted by atomic mass is 9.62. The van der Waals surface area contributed by atoms with Gasteiger partial charge in [0.05, 0.1) is 12.7 Å². The first-order chi connectivity index (χ1) is 10.6. The molecule has 4 aliphatic carbocycles. The molecule has 0 unspecified atom stereocenters. The van der Waals surface area contributed by atoms with Crippen LogP contribution >= 0.6 is 0 Å². The van der Waals surface area contributed by atoms with E-state index in [0.717, 1.165) is 12.8 Å². The number of methoxy groups -OCH3 is 2. The highest BCUT2D eigenvalue weighted by atomic mass is 16.5. The van der Waals surface area contributed by atoms with Gasteiger partial charge in [-0.1, -0.05) is 24.3 Å². The van der Waals surface area contributed by atoms with Crippen molar-refractivity contribution >= 4 is 11.6 Å². The first-order valence-corrected chi connectivity index (χ1v) is 7.38. The van der Waals surface area contributed by atoms with Gasteiger partial charge in [-0.05, 0) is 18.9 Å². The van der Waals surface area contributed by atoms with Crippen LogP contribution in [0.3, 0.4) is 0 Å². The highest BCUT2D eigenvalue weighted by Crippen LogP contribution is 2.50. The molecule has 0 spiro atoms. The summed E-state index contributed by atoms with van der Waals surface area (Å²) in [7, 11) is 3.10. The first kappa shape index (κ1) is 13.5. The number of rotatable bonds is 2. The number of hydrogen-bond donors (Lipinski definition) is 0. The van der Waals surface area contributed by atoms with Crippen LogP contribution in [0.5, 0.6) is 5.75 Å². The zero-order chi connectivity index (χ0) is 15.5. The van der Waals surface area contributed by atoms with Crippen molar-refractivity contribution in [1.29, 1.82) is 0 Å². The number of fused-ring (bicyclic) bond motifs is 2. The topological polar surface area (TPSA) is 52.6 Å². The number of benzene rings is 1. The number of carbonyl (C=O) groups excluding carboxylic acids is 2. The molecule has 4 nitrogen and oxygen atoms in total. The van der Waals surface area contributed by atoms with Gasteiger partial charge in [-0.25, -0.2) is 0 Å². The van der Waals surface area contributed by atoms with Crippen LogP contribution in [0.4, 0.5) is 0 Å². The highest BCUT2D eigenvalue weighted by Gasteiger charge is 2.51. The van der Waals surface area contributed by atoms with Gasteiger partial charge in [-0.2, -0.15) is 0 Å². The Bertz CT molecular complexity index is 771. The van der Waals surface area contributed by atoms with E-state index >= 15 is 0 Å². The molecule has 2 atom stereocenters. The summed E-state index contributed by atoms with van der Waals surface area (Å²) in [5.74, 6) is 0.249. The van der Waals surface area contributed by atoms with Gasteiger partial charge in [0.1, 0.15) is 11.4 Å². The summed E-state index contributed by atoms with van der Waals surface area (Å²) < 4.78 is 11.0. The van der Waals surface area contributed by atoms with E-state index in [1.54, 1.807) is 25.3 Å². The van der Waals surface area contributed by atoms with Crippen LogP contribution in [-0.4, -0.2) is 31.4 Å². The molecule has 0 heterocycles. The van der Waals surface area contributed by atoms with Crippen LogP contribution < -0.4 is 4.74 Å². The van der Waals surface area contributed by atoms with Crippen LogP contribution in [-0.2, 0) is 4.74 Å². The third kappa shape index (κ3) is 1.45. The average molecular weight is 296 g/mol. The number of allylic oxidation sites excluding steroid dienone is 2. The molecule has 0 saturated heterocycles. The summed E-state index contributed by atoms with van der Waals surface area (Å²) in [5.41, 5.74) is 1.16. The predicted octanol–water partition coefficient (Wildman–Crippen LogP) is 2.74. The van der Waals surface area contributed by atoms with Gasteiger partial charge in [0, 0.05) is 29.7 Å². The van der Waals surface area contributed by atoms with E-state index in [4.69, 9.17) is 9.47 Å². The molecule has 2 bridgehead atoms. The average Bonchev–Trinajstić information content (AvgIpc) is 2.59. The van der Waals surface area contributed by atoms with E-state index in [1.165, 1.54) is 7.11 Å². The fourth-order valence-electron chi connectivity index (χ4n) is 3.95. The van der Waals surface area contributed by atoms with Crippen molar-refractivity contribution in [3.63, 3.8) is 0 Å². The van der Waals surface area contributed by atoms with Crippen LogP contribution in [0.15, 0.2) is 41.5 Å². The summed E-state index contributed by atoms with van der Waals surface area (Å²) in [6.07, 6.45) is 5.50. The Kier molecular flexibility index (Phi) is 2.69. The molecule has 0 amide bonds. The van der Waals surface area contributed by atoms with Crippen molar-refractivity contribution < 1.29 is 19.1 Å². The van der Waals surface area contributed by atoms with Gasteiger partial charge in [0.15, 0.2) is 11.6 Å². The van der Waals surface area contributed by atoms with Gasteiger partial charge < -0.3 is 9.47 Å². The Hall–Kier alpha value is -2.20. The normalized spacial score (nSPS) is 28.7. The maximum absolute atomic E-state index is 13.1. The lowest BCUT2D eigenvalue weighted by Gasteiger charge is -2.45. The third-order valence-electron chi connectivity index (χ3n) is 5.04. The van der Waals surface area contributed by atoms with Gasteiger partial charge in [0.25, 0.3) is 0 Å². The van der Waals surface area contributed by atoms with E-state index in [-0.39, 0.29) is 17.5 Å². The SMILES string of the molecule is COc1cccc2c1C(=O)C1=C(C2=O)[C@@H]2C=C[C@@]1(OC)CC2. The maximum atomic E-state index is 13.1. The molecule has 4 heteroatoms. The minimum Gasteiger partial charge on any atom is -0.496 e. The van der Waals surface area contributed by atoms with Gasteiger partial charge in [0.2, 0.25) is 0 Å². The summed E-state index contributed by atoms with van der Waals surface area (Å²) >= 11 is 0.